The second kappa shape index (κ2) is 11.1. The van der Waals surface area contributed by atoms with Crippen LogP contribution in [0.15, 0.2) is 66.3 Å². The fourth-order valence-electron chi connectivity index (χ4n) is 2.79. The van der Waals surface area contributed by atoms with E-state index in [4.69, 9.17) is 14.2 Å². The molecule has 31 heavy (non-hydrogen) atoms. The number of hydrogen-bond acceptors (Lipinski definition) is 7. The van der Waals surface area contributed by atoms with Gasteiger partial charge in [-0.25, -0.2) is 0 Å². The molecule has 1 aromatic heterocycles. The largest absolute Gasteiger partial charge is 0.495 e. The van der Waals surface area contributed by atoms with E-state index in [1.807, 2.05) is 41.0 Å². The standard InChI is InChI=1S/C22H24N4O4S/c1-4-13-26-20(14-30-19-12-8-7-11-18(19)29-3)24-25-22(26)31-15-21(27)23-16-9-5-6-10-17(16)28-2/h4-12H,1,13-15H2,2-3H3,(H,23,27). The summed E-state index contributed by atoms with van der Waals surface area (Å²) in [5, 5.41) is 11.9. The summed E-state index contributed by atoms with van der Waals surface area (Å²) in [7, 11) is 3.15. The van der Waals surface area contributed by atoms with Crippen LogP contribution in [0.3, 0.4) is 0 Å². The number of nitrogens with zero attached hydrogens (tertiary/aromatic N) is 3. The molecule has 1 amide bonds. The van der Waals surface area contributed by atoms with Gasteiger partial charge in [0.2, 0.25) is 5.91 Å². The molecule has 3 aromatic rings. The third-order valence-corrected chi connectivity index (χ3v) is 5.21. The maximum absolute atomic E-state index is 12.4. The average molecular weight is 441 g/mol. The second-order valence-electron chi connectivity index (χ2n) is 6.27. The summed E-state index contributed by atoms with van der Waals surface area (Å²) in [6.07, 6.45) is 1.74. The molecule has 8 nitrogen and oxygen atoms in total. The molecule has 1 heterocycles. The number of anilines is 1. The quantitative estimate of drug-likeness (QED) is 0.358. The van der Waals surface area contributed by atoms with Crippen molar-refractivity contribution >= 4 is 23.4 Å². The Balaban J connectivity index is 1.64. The Morgan fingerprint density at radius 2 is 1.74 bits per heavy atom. The van der Waals surface area contributed by atoms with E-state index in [9.17, 15) is 4.79 Å². The maximum Gasteiger partial charge on any atom is 0.234 e. The van der Waals surface area contributed by atoms with Crippen LogP contribution in [-0.2, 0) is 17.9 Å². The lowest BCUT2D eigenvalue weighted by atomic mass is 10.3. The summed E-state index contributed by atoms with van der Waals surface area (Å²) in [5.74, 6) is 2.48. The molecule has 0 saturated heterocycles. The molecule has 0 aliphatic carbocycles. The smallest absolute Gasteiger partial charge is 0.234 e. The van der Waals surface area contributed by atoms with Crippen LogP contribution in [0.2, 0.25) is 0 Å². The molecule has 0 bridgehead atoms. The zero-order chi connectivity index (χ0) is 22.1. The number of amides is 1. The van der Waals surface area contributed by atoms with Gasteiger partial charge >= 0.3 is 0 Å². The topological polar surface area (TPSA) is 87.5 Å². The van der Waals surface area contributed by atoms with Crippen molar-refractivity contribution in [1.29, 1.82) is 0 Å². The molecule has 0 unspecified atom stereocenters. The van der Waals surface area contributed by atoms with Gasteiger partial charge in [0.15, 0.2) is 22.5 Å². The molecule has 9 heteroatoms. The lowest BCUT2D eigenvalue weighted by Gasteiger charge is -2.12. The molecule has 0 aliphatic rings. The molecule has 3 rings (SSSR count). The number of aromatic nitrogens is 3. The molecule has 0 atom stereocenters. The number of thioether (sulfide) groups is 1. The van der Waals surface area contributed by atoms with E-state index in [0.29, 0.717) is 40.5 Å². The van der Waals surface area contributed by atoms with Crippen molar-refractivity contribution in [2.24, 2.45) is 0 Å². The number of allylic oxidation sites excluding steroid dienone is 1. The predicted octanol–water partition coefficient (Wildman–Crippen LogP) is 3.79. The highest BCUT2D eigenvalue weighted by molar-refractivity contribution is 7.99. The van der Waals surface area contributed by atoms with Gasteiger partial charge in [-0.05, 0) is 24.3 Å². The van der Waals surface area contributed by atoms with Crippen LogP contribution in [0.1, 0.15) is 5.82 Å². The molecule has 0 saturated carbocycles. The van der Waals surface area contributed by atoms with Crippen molar-refractivity contribution in [3.8, 4) is 17.2 Å². The van der Waals surface area contributed by atoms with Gasteiger partial charge in [0.25, 0.3) is 0 Å². The Morgan fingerprint density at radius 3 is 2.45 bits per heavy atom. The van der Waals surface area contributed by atoms with E-state index < -0.39 is 0 Å². The van der Waals surface area contributed by atoms with Crippen LogP contribution >= 0.6 is 11.8 Å². The minimum absolute atomic E-state index is 0.167. The van der Waals surface area contributed by atoms with Crippen molar-refractivity contribution in [3.63, 3.8) is 0 Å². The SMILES string of the molecule is C=CCn1c(COc2ccccc2OC)nnc1SCC(=O)Nc1ccccc1OC. The first kappa shape index (κ1) is 22.2. The molecule has 162 valence electrons. The normalized spacial score (nSPS) is 10.4. The van der Waals surface area contributed by atoms with Crippen molar-refractivity contribution in [3.05, 3.63) is 67.0 Å². The molecule has 1 N–H and O–H groups in total. The summed E-state index contributed by atoms with van der Waals surface area (Å²) in [4.78, 5) is 12.4. The minimum Gasteiger partial charge on any atom is -0.495 e. The summed E-state index contributed by atoms with van der Waals surface area (Å²) in [5.41, 5.74) is 0.619. The fraction of sp³-hybridized carbons (Fsp3) is 0.227. The first-order valence-corrected chi connectivity index (χ1v) is 10.5. The van der Waals surface area contributed by atoms with Crippen LogP contribution in [0.25, 0.3) is 0 Å². The number of nitrogens with one attached hydrogen (secondary N) is 1. The zero-order valence-electron chi connectivity index (χ0n) is 17.4. The minimum atomic E-state index is -0.172. The number of carbonyl (C=O) groups is 1. The van der Waals surface area contributed by atoms with Crippen LogP contribution < -0.4 is 19.5 Å². The Bertz CT molecular complexity index is 1040. The van der Waals surface area contributed by atoms with E-state index in [2.05, 4.69) is 22.1 Å². The number of hydrogen-bond donors (Lipinski definition) is 1. The van der Waals surface area contributed by atoms with E-state index >= 15 is 0 Å². The molecule has 0 spiro atoms. The van der Waals surface area contributed by atoms with Crippen LogP contribution in [0.5, 0.6) is 17.2 Å². The lowest BCUT2D eigenvalue weighted by molar-refractivity contribution is -0.113. The molecular formula is C22H24N4O4S. The average Bonchev–Trinajstić information content (AvgIpc) is 3.18. The number of para-hydroxylation sites is 4. The monoisotopic (exact) mass is 440 g/mol. The van der Waals surface area contributed by atoms with Gasteiger partial charge in [-0.3, -0.25) is 9.36 Å². The fourth-order valence-corrected chi connectivity index (χ4v) is 3.56. The summed E-state index contributed by atoms with van der Waals surface area (Å²) in [6.45, 7) is 4.49. The Morgan fingerprint density at radius 1 is 1.06 bits per heavy atom. The van der Waals surface area contributed by atoms with Gasteiger partial charge in [0.1, 0.15) is 12.4 Å². The van der Waals surface area contributed by atoms with Crippen LogP contribution in [0, 0.1) is 0 Å². The third-order valence-electron chi connectivity index (χ3n) is 4.24. The molecule has 2 aromatic carbocycles. The second-order valence-corrected chi connectivity index (χ2v) is 7.22. The van der Waals surface area contributed by atoms with Gasteiger partial charge in [0, 0.05) is 6.54 Å². The summed E-state index contributed by atoms with van der Waals surface area (Å²) in [6, 6.07) is 14.6. The Kier molecular flexibility index (Phi) is 7.94. The van der Waals surface area contributed by atoms with Gasteiger partial charge in [-0.2, -0.15) is 0 Å². The maximum atomic E-state index is 12.4. The lowest BCUT2D eigenvalue weighted by Crippen LogP contribution is -2.15. The van der Waals surface area contributed by atoms with Crippen molar-refractivity contribution in [2.45, 2.75) is 18.3 Å². The highest BCUT2D eigenvalue weighted by atomic mass is 32.2. The van der Waals surface area contributed by atoms with E-state index in [-0.39, 0.29) is 18.3 Å². The summed E-state index contributed by atoms with van der Waals surface area (Å²) >= 11 is 1.29. The molecule has 0 radical (unpaired) electrons. The highest BCUT2D eigenvalue weighted by Gasteiger charge is 2.15. The predicted molar refractivity (Wildman–Crippen MR) is 120 cm³/mol. The number of methoxy groups -OCH3 is 2. The van der Waals surface area contributed by atoms with Gasteiger partial charge in [-0.1, -0.05) is 42.1 Å². The van der Waals surface area contributed by atoms with E-state index in [1.165, 1.54) is 11.8 Å². The molecular weight excluding hydrogens is 416 g/mol. The van der Waals surface area contributed by atoms with E-state index in [0.717, 1.165) is 0 Å². The number of carbonyl (C=O) groups excluding carboxylic acids is 1. The zero-order valence-corrected chi connectivity index (χ0v) is 18.2. The highest BCUT2D eigenvalue weighted by Crippen LogP contribution is 2.27. The van der Waals surface area contributed by atoms with Crippen LogP contribution in [-0.4, -0.2) is 40.6 Å². The van der Waals surface area contributed by atoms with Crippen molar-refractivity contribution in [1.82, 2.24) is 14.8 Å². The van der Waals surface area contributed by atoms with Crippen molar-refractivity contribution < 1.29 is 19.0 Å². The number of rotatable bonds is 11. The Hall–Kier alpha value is -3.46. The van der Waals surface area contributed by atoms with Gasteiger partial charge in [-0.15, -0.1) is 16.8 Å². The van der Waals surface area contributed by atoms with Gasteiger partial charge < -0.3 is 19.5 Å². The Labute approximate surface area is 185 Å². The van der Waals surface area contributed by atoms with Crippen LogP contribution in [0.4, 0.5) is 5.69 Å². The van der Waals surface area contributed by atoms with Gasteiger partial charge in [0.05, 0.1) is 25.7 Å². The number of ether oxygens (including phenoxy) is 3. The molecule has 0 fully saturated rings. The molecule has 0 aliphatic heterocycles. The van der Waals surface area contributed by atoms with Crippen molar-refractivity contribution in [2.75, 3.05) is 25.3 Å². The summed E-state index contributed by atoms with van der Waals surface area (Å²) < 4.78 is 18.3. The first-order valence-electron chi connectivity index (χ1n) is 9.50. The van der Waals surface area contributed by atoms with E-state index in [1.54, 1.807) is 32.4 Å². The number of benzene rings is 2. The third kappa shape index (κ3) is 5.79. The first-order chi connectivity index (χ1) is 15.2.